The third-order valence-corrected chi connectivity index (χ3v) is 3.13. The molecule has 1 amide bonds. The van der Waals surface area contributed by atoms with Gasteiger partial charge in [0.2, 0.25) is 3.79 Å². The highest BCUT2D eigenvalue weighted by Crippen LogP contribution is 2.31. The molecule has 0 radical (unpaired) electrons. The Labute approximate surface area is 136 Å². The molecule has 1 atom stereocenters. The molecule has 1 aromatic rings. The first kappa shape index (κ1) is 17.7. The van der Waals surface area contributed by atoms with Gasteiger partial charge in [0.25, 0.3) is 5.91 Å². The van der Waals surface area contributed by atoms with Crippen molar-refractivity contribution in [2.75, 3.05) is 12.5 Å². The SMILES string of the molecule is O=C(NC(OCCCCl)C(Cl)(Cl)Cl)c1ccccc1O. The molecular formula is C12H13Cl4NO3. The molecule has 0 bridgehead atoms. The number of aromatic hydroxyl groups is 1. The Hall–Kier alpha value is -0.390. The summed E-state index contributed by atoms with van der Waals surface area (Å²) in [6.45, 7) is 0.225. The fourth-order valence-corrected chi connectivity index (χ4v) is 1.80. The number of ether oxygens (including phenoxy) is 1. The van der Waals surface area contributed by atoms with Crippen LogP contribution in [0, 0.1) is 0 Å². The van der Waals surface area contributed by atoms with Crippen molar-refractivity contribution in [3.63, 3.8) is 0 Å². The van der Waals surface area contributed by atoms with Crippen molar-refractivity contribution in [1.29, 1.82) is 0 Å². The summed E-state index contributed by atoms with van der Waals surface area (Å²) in [4.78, 5) is 12.0. The number of alkyl halides is 4. The summed E-state index contributed by atoms with van der Waals surface area (Å²) in [6, 6.07) is 6.02. The third-order valence-electron chi connectivity index (χ3n) is 2.27. The predicted octanol–water partition coefficient (Wildman–Crippen LogP) is 3.46. The average molecular weight is 361 g/mol. The Balaban J connectivity index is 2.74. The maximum Gasteiger partial charge on any atom is 0.257 e. The first-order valence-corrected chi connectivity index (χ1v) is 7.36. The normalized spacial score (nSPS) is 13.0. The molecule has 0 aliphatic rings. The molecule has 0 aliphatic heterocycles. The summed E-state index contributed by atoms with van der Waals surface area (Å²) >= 11 is 22.8. The number of hydrogen-bond acceptors (Lipinski definition) is 3. The fraction of sp³-hybridized carbons (Fsp3) is 0.417. The zero-order chi connectivity index (χ0) is 15.2. The molecule has 1 rings (SSSR count). The molecule has 1 aromatic carbocycles. The van der Waals surface area contributed by atoms with Crippen LogP contribution < -0.4 is 5.32 Å². The predicted molar refractivity (Wildman–Crippen MR) is 80.9 cm³/mol. The maximum absolute atomic E-state index is 12.0. The first-order valence-electron chi connectivity index (χ1n) is 5.69. The van der Waals surface area contributed by atoms with E-state index >= 15 is 0 Å². The lowest BCUT2D eigenvalue weighted by Gasteiger charge is -2.25. The minimum Gasteiger partial charge on any atom is -0.507 e. The highest BCUT2D eigenvalue weighted by Gasteiger charge is 2.35. The molecule has 0 saturated heterocycles. The van der Waals surface area contributed by atoms with Gasteiger partial charge in [-0.3, -0.25) is 4.79 Å². The van der Waals surface area contributed by atoms with Crippen LogP contribution in [0.1, 0.15) is 16.8 Å². The van der Waals surface area contributed by atoms with Crippen molar-refractivity contribution in [3.8, 4) is 5.75 Å². The quantitative estimate of drug-likeness (QED) is 0.464. The number of halogens is 4. The Bertz CT molecular complexity index is 451. The minimum absolute atomic E-state index is 0.0627. The number of carbonyl (C=O) groups excluding carboxylic acids is 1. The Morgan fingerprint density at radius 3 is 2.55 bits per heavy atom. The van der Waals surface area contributed by atoms with E-state index in [1.165, 1.54) is 12.1 Å². The van der Waals surface area contributed by atoms with Crippen molar-refractivity contribution < 1.29 is 14.6 Å². The van der Waals surface area contributed by atoms with Gasteiger partial charge in [0.05, 0.1) is 12.2 Å². The van der Waals surface area contributed by atoms with Crippen molar-refractivity contribution in [1.82, 2.24) is 5.32 Å². The zero-order valence-corrected chi connectivity index (χ0v) is 13.3. The molecule has 0 aromatic heterocycles. The van der Waals surface area contributed by atoms with Crippen LogP contribution in [-0.4, -0.2) is 33.5 Å². The van der Waals surface area contributed by atoms with Gasteiger partial charge in [-0.2, -0.15) is 0 Å². The van der Waals surface area contributed by atoms with Crippen molar-refractivity contribution in [2.45, 2.75) is 16.4 Å². The van der Waals surface area contributed by atoms with E-state index in [4.69, 9.17) is 51.1 Å². The van der Waals surface area contributed by atoms with Gasteiger partial charge in [0, 0.05) is 5.88 Å². The lowest BCUT2D eigenvalue weighted by Crippen LogP contribution is -2.46. The molecule has 112 valence electrons. The summed E-state index contributed by atoms with van der Waals surface area (Å²) in [7, 11) is 0. The number of carbonyl (C=O) groups is 1. The maximum atomic E-state index is 12.0. The van der Waals surface area contributed by atoms with Gasteiger partial charge < -0.3 is 15.2 Å². The summed E-state index contributed by atoms with van der Waals surface area (Å²) < 4.78 is 3.44. The number of hydrogen-bond donors (Lipinski definition) is 2. The smallest absolute Gasteiger partial charge is 0.257 e. The topological polar surface area (TPSA) is 58.6 Å². The molecular weight excluding hydrogens is 348 g/mol. The Morgan fingerprint density at radius 2 is 2.00 bits per heavy atom. The summed E-state index contributed by atoms with van der Waals surface area (Å²) in [5, 5.41) is 12.0. The van der Waals surface area contributed by atoms with Crippen molar-refractivity contribution >= 4 is 52.3 Å². The molecule has 1 unspecified atom stereocenters. The monoisotopic (exact) mass is 359 g/mol. The molecule has 8 heteroatoms. The summed E-state index contributed by atoms with van der Waals surface area (Å²) in [5.41, 5.74) is 0.0627. The summed E-state index contributed by atoms with van der Waals surface area (Å²) in [6.07, 6.45) is -0.603. The van der Waals surface area contributed by atoms with Crippen molar-refractivity contribution in [2.24, 2.45) is 0 Å². The standard InChI is InChI=1S/C12H13Cl4NO3/c13-6-3-7-20-11(12(14,15)16)17-10(19)8-4-1-2-5-9(8)18/h1-2,4-5,11,18H,3,6-7H2,(H,17,19). The number of para-hydroxylation sites is 1. The van der Waals surface area contributed by atoms with Crippen LogP contribution in [0.3, 0.4) is 0 Å². The third kappa shape index (κ3) is 5.54. The van der Waals surface area contributed by atoms with E-state index in [0.717, 1.165) is 0 Å². The zero-order valence-electron chi connectivity index (χ0n) is 10.3. The van der Waals surface area contributed by atoms with E-state index in [0.29, 0.717) is 12.3 Å². The second-order valence-electron chi connectivity index (χ2n) is 3.83. The Kier molecular flexibility index (Phi) is 7.20. The largest absolute Gasteiger partial charge is 0.507 e. The molecule has 0 saturated carbocycles. The second kappa shape index (κ2) is 8.15. The van der Waals surface area contributed by atoms with E-state index < -0.39 is 15.9 Å². The van der Waals surface area contributed by atoms with Crippen LogP contribution in [-0.2, 0) is 4.74 Å². The number of rotatable bonds is 6. The highest BCUT2D eigenvalue weighted by atomic mass is 35.6. The van der Waals surface area contributed by atoms with Crippen LogP contribution >= 0.6 is 46.4 Å². The van der Waals surface area contributed by atoms with E-state index in [2.05, 4.69) is 5.32 Å². The molecule has 2 N–H and O–H groups in total. The van der Waals surface area contributed by atoms with Crippen LogP contribution in [0.5, 0.6) is 5.75 Å². The Morgan fingerprint density at radius 1 is 1.35 bits per heavy atom. The van der Waals surface area contributed by atoms with Gasteiger partial charge in [-0.15, -0.1) is 11.6 Å². The fourth-order valence-electron chi connectivity index (χ4n) is 1.34. The molecule has 20 heavy (non-hydrogen) atoms. The molecule has 0 fully saturated rings. The first-order chi connectivity index (χ1) is 9.36. The van der Waals surface area contributed by atoms with Crippen LogP contribution in [0.25, 0.3) is 0 Å². The number of phenolic OH excluding ortho intramolecular Hbond substituents is 1. The van der Waals surface area contributed by atoms with E-state index in [1.54, 1.807) is 12.1 Å². The van der Waals surface area contributed by atoms with Gasteiger partial charge in [0.1, 0.15) is 5.75 Å². The molecule has 4 nitrogen and oxygen atoms in total. The highest BCUT2D eigenvalue weighted by molar-refractivity contribution is 6.68. The minimum atomic E-state index is -1.84. The van der Waals surface area contributed by atoms with E-state index in [9.17, 15) is 9.90 Å². The van der Waals surface area contributed by atoms with E-state index in [1.807, 2.05) is 0 Å². The van der Waals surface area contributed by atoms with Crippen molar-refractivity contribution in [3.05, 3.63) is 29.8 Å². The second-order valence-corrected chi connectivity index (χ2v) is 6.57. The van der Waals surface area contributed by atoms with Crippen LogP contribution in [0.15, 0.2) is 24.3 Å². The molecule has 0 aliphatic carbocycles. The number of nitrogens with one attached hydrogen (secondary N) is 1. The van der Waals surface area contributed by atoms with Crippen LogP contribution in [0.2, 0.25) is 0 Å². The van der Waals surface area contributed by atoms with Gasteiger partial charge in [-0.05, 0) is 18.6 Å². The van der Waals surface area contributed by atoms with Gasteiger partial charge >= 0.3 is 0 Å². The van der Waals surface area contributed by atoms with E-state index in [-0.39, 0.29) is 17.9 Å². The lowest BCUT2D eigenvalue weighted by molar-refractivity contribution is 0.0304. The van der Waals surface area contributed by atoms with Crippen LogP contribution in [0.4, 0.5) is 0 Å². The van der Waals surface area contributed by atoms with Gasteiger partial charge in [-0.25, -0.2) is 0 Å². The number of amides is 1. The van der Waals surface area contributed by atoms with Gasteiger partial charge in [0.15, 0.2) is 6.23 Å². The number of benzene rings is 1. The van der Waals surface area contributed by atoms with Gasteiger partial charge in [-0.1, -0.05) is 46.9 Å². The lowest BCUT2D eigenvalue weighted by atomic mass is 10.2. The number of phenols is 1. The summed E-state index contributed by atoms with van der Waals surface area (Å²) in [5.74, 6) is -0.390. The molecule has 0 spiro atoms. The molecule has 0 heterocycles. The average Bonchev–Trinajstić information content (AvgIpc) is 2.37.